The summed E-state index contributed by atoms with van der Waals surface area (Å²) in [5, 5.41) is 0. The third kappa shape index (κ3) is 2.98. The maximum atomic E-state index is 11.8. The number of fused-ring (bicyclic) bond motifs is 1. The van der Waals surface area contributed by atoms with Crippen LogP contribution in [0, 0.1) is 11.8 Å². The van der Waals surface area contributed by atoms with Crippen molar-refractivity contribution >= 4 is 5.97 Å². The molecule has 20 heavy (non-hydrogen) atoms. The summed E-state index contributed by atoms with van der Waals surface area (Å²) in [7, 11) is 0. The van der Waals surface area contributed by atoms with Crippen molar-refractivity contribution in [2.75, 3.05) is 19.7 Å². The molecule has 2 unspecified atom stereocenters. The predicted molar refractivity (Wildman–Crippen MR) is 81.4 cm³/mol. The zero-order valence-corrected chi connectivity index (χ0v) is 13.0. The van der Waals surface area contributed by atoms with Gasteiger partial charge in [0.2, 0.25) is 0 Å². The second-order valence-electron chi connectivity index (χ2n) is 5.97. The van der Waals surface area contributed by atoms with Crippen molar-refractivity contribution in [2.24, 2.45) is 11.8 Å². The summed E-state index contributed by atoms with van der Waals surface area (Å²) in [6.45, 7) is 12.7. The van der Waals surface area contributed by atoms with Crippen LogP contribution in [0.2, 0.25) is 0 Å². The first kappa shape index (κ1) is 15.3. The zero-order valence-electron chi connectivity index (χ0n) is 13.0. The predicted octanol–water partition coefficient (Wildman–Crippen LogP) is 3.17. The maximum absolute atomic E-state index is 11.8. The molecule has 0 radical (unpaired) electrons. The van der Waals surface area contributed by atoms with E-state index in [4.69, 9.17) is 4.74 Å². The molecule has 1 saturated heterocycles. The van der Waals surface area contributed by atoms with E-state index in [2.05, 4.69) is 24.5 Å². The Morgan fingerprint density at radius 3 is 2.85 bits per heavy atom. The van der Waals surface area contributed by atoms with E-state index in [1.807, 2.05) is 13.8 Å². The average Bonchev–Trinajstić information content (AvgIpc) is 2.96. The van der Waals surface area contributed by atoms with Crippen molar-refractivity contribution in [3.63, 3.8) is 0 Å². The van der Waals surface area contributed by atoms with E-state index in [1.54, 1.807) is 0 Å². The molecule has 1 aliphatic heterocycles. The van der Waals surface area contributed by atoms with E-state index >= 15 is 0 Å². The smallest absolute Gasteiger partial charge is 0.323 e. The van der Waals surface area contributed by atoms with E-state index in [0.29, 0.717) is 18.4 Å². The number of allylic oxidation sites excluding steroid dienone is 1. The van der Waals surface area contributed by atoms with E-state index in [9.17, 15) is 4.79 Å². The van der Waals surface area contributed by atoms with Crippen molar-refractivity contribution in [3.8, 4) is 0 Å². The Morgan fingerprint density at radius 2 is 2.25 bits per heavy atom. The molecule has 1 heterocycles. The standard InChI is InChI=1S/C17H27NO2/c1-5-7-8-14-9-15-10-18(11-16(15)12(14)3)13(4)17(19)20-6-2/h9,13,15-16H,3,5-8,10-11H2,1-2,4H3/t13-,15?,16?/m0/s1. The van der Waals surface area contributed by atoms with Crippen LogP contribution < -0.4 is 0 Å². The van der Waals surface area contributed by atoms with Gasteiger partial charge in [-0.15, -0.1) is 0 Å². The Morgan fingerprint density at radius 1 is 1.50 bits per heavy atom. The molecular formula is C17H27NO2. The summed E-state index contributed by atoms with van der Waals surface area (Å²) >= 11 is 0. The van der Waals surface area contributed by atoms with Gasteiger partial charge in [0.05, 0.1) is 6.61 Å². The molecule has 0 aromatic heterocycles. The molecule has 0 N–H and O–H groups in total. The van der Waals surface area contributed by atoms with Crippen LogP contribution in [-0.4, -0.2) is 36.6 Å². The van der Waals surface area contributed by atoms with Crippen LogP contribution in [0.25, 0.3) is 0 Å². The molecule has 1 fully saturated rings. The second kappa shape index (κ2) is 6.57. The molecule has 0 aromatic rings. The third-order valence-corrected chi connectivity index (χ3v) is 4.64. The average molecular weight is 277 g/mol. The third-order valence-electron chi connectivity index (χ3n) is 4.64. The lowest BCUT2D eigenvalue weighted by atomic mass is 9.94. The van der Waals surface area contributed by atoms with Gasteiger partial charge in [-0.1, -0.05) is 26.0 Å². The molecule has 0 bridgehead atoms. The molecule has 1 aliphatic carbocycles. The second-order valence-corrected chi connectivity index (χ2v) is 5.97. The molecular weight excluding hydrogens is 250 g/mol. The van der Waals surface area contributed by atoms with Gasteiger partial charge in [0.1, 0.15) is 6.04 Å². The zero-order chi connectivity index (χ0) is 14.7. The highest BCUT2D eigenvalue weighted by Gasteiger charge is 2.41. The fraction of sp³-hybridized carbons (Fsp3) is 0.706. The number of hydrogen-bond donors (Lipinski definition) is 0. The number of carbonyl (C=O) groups is 1. The Labute approximate surface area is 122 Å². The molecule has 2 aliphatic rings. The van der Waals surface area contributed by atoms with Crippen LogP contribution in [-0.2, 0) is 9.53 Å². The van der Waals surface area contributed by atoms with Gasteiger partial charge in [-0.3, -0.25) is 9.69 Å². The summed E-state index contributed by atoms with van der Waals surface area (Å²) < 4.78 is 5.12. The SMILES string of the molecule is C=C1C(CCCC)=CC2CN([C@@H](C)C(=O)OCC)CC12. The Hall–Kier alpha value is -1.09. The molecule has 0 spiro atoms. The summed E-state index contributed by atoms with van der Waals surface area (Å²) in [6, 6.07) is -0.138. The first-order valence-corrected chi connectivity index (χ1v) is 7.89. The first-order chi connectivity index (χ1) is 9.58. The minimum Gasteiger partial charge on any atom is -0.465 e. The fourth-order valence-electron chi connectivity index (χ4n) is 3.34. The minimum atomic E-state index is -0.138. The van der Waals surface area contributed by atoms with Gasteiger partial charge >= 0.3 is 5.97 Å². The van der Waals surface area contributed by atoms with Gasteiger partial charge in [0, 0.05) is 19.0 Å². The van der Waals surface area contributed by atoms with E-state index in [1.165, 1.54) is 24.0 Å². The van der Waals surface area contributed by atoms with E-state index < -0.39 is 0 Å². The Bertz CT molecular complexity index is 413. The summed E-state index contributed by atoms with van der Waals surface area (Å²) in [5.41, 5.74) is 2.77. The molecule has 0 saturated carbocycles. The number of likely N-dealkylation sites (tertiary alicyclic amines) is 1. The van der Waals surface area contributed by atoms with Crippen LogP contribution in [0.5, 0.6) is 0 Å². The number of carbonyl (C=O) groups excluding carboxylic acids is 1. The highest BCUT2D eigenvalue weighted by Crippen LogP contribution is 2.42. The minimum absolute atomic E-state index is 0.103. The van der Waals surface area contributed by atoms with E-state index in [0.717, 1.165) is 19.5 Å². The lowest BCUT2D eigenvalue weighted by Gasteiger charge is -2.23. The molecule has 112 valence electrons. The largest absolute Gasteiger partial charge is 0.465 e. The number of unbranched alkanes of at least 4 members (excludes halogenated alkanes) is 1. The van der Waals surface area contributed by atoms with Gasteiger partial charge in [-0.2, -0.15) is 0 Å². The number of rotatable bonds is 6. The number of nitrogens with zero attached hydrogens (tertiary/aromatic N) is 1. The van der Waals surface area contributed by atoms with Gasteiger partial charge in [0.25, 0.3) is 0 Å². The summed E-state index contributed by atoms with van der Waals surface area (Å²) in [6.07, 6.45) is 6.04. The maximum Gasteiger partial charge on any atom is 0.323 e. The van der Waals surface area contributed by atoms with Crippen molar-refractivity contribution in [1.29, 1.82) is 0 Å². The molecule has 0 aromatic carbocycles. The Balaban J connectivity index is 1.95. The van der Waals surface area contributed by atoms with Crippen LogP contribution in [0.1, 0.15) is 40.0 Å². The van der Waals surface area contributed by atoms with Crippen LogP contribution in [0.15, 0.2) is 23.8 Å². The number of hydrogen-bond acceptors (Lipinski definition) is 3. The van der Waals surface area contributed by atoms with Crippen LogP contribution in [0.4, 0.5) is 0 Å². The van der Waals surface area contributed by atoms with E-state index in [-0.39, 0.29) is 12.0 Å². The van der Waals surface area contributed by atoms with Crippen molar-refractivity contribution in [1.82, 2.24) is 4.90 Å². The lowest BCUT2D eigenvalue weighted by Crippen LogP contribution is -2.39. The highest BCUT2D eigenvalue weighted by molar-refractivity contribution is 5.75. The quantitative estimate of drug-likeness (QED) is 0.698. The van der Waals surface area contributed by atoms with Gasteiger partial charge in [-0.05, 0) is 43.8 Å². The number of esters is 1. The first-order valence-electron chi connectivity index (χ1n) is 7.89. The molecule has 2 rings (SSSR count). The lowest BCUT2D eigenvalue weighted by molar-refractivity contribution is -0.148. The molecule has 3 atom stereocenters. The monoisotopic (exact) mass is 277 g/mol. The van der Waals surface area contributed by atoms with Crippen molar-refractivity contribution < 1.29 is 9.53 Å². The number of ether oxygens (including phenoxy) is 1. The molecule has 3 nitrogen and oxygen atoms in total. The molecule has 0 amide bonds. The fourth-order valence-corrected chi connectivity index (χ4v) is 3.34. The van der Waals surface area contributed by atoms with Crippen molar-refractivity contribution in [2.45, 2.75) is 46.1 Å². The summed E-state index contributed by atoms with van der Waals surface area (Å²) in [5.74, 6) is 0.957. The van der Waals surface area contributed by atoms with Crippen molar-refractivity contribution in [3.05, 3.63) is 23.8 Å². The van der Waals surface area contributed by atoms with Crippen LogP contribution in [0.3, 0.4) is 0 Å². The Kier molecular flexibility index (Phi) is 5.03. The normalized spacial score (nSPS) is 27.4. The van der Waals surface area contributed by atoms with Crippen LogP contribution >= 0.6 is 0 Å². The summed E-state index contributed by atoms with van der Waals surface area (Å²) in [4.78, 5) is 14.1. The van der Waals surface area contributed by atoms with Gasteiger partial charge < -0.3 is 4.74 Å². The molecule has 3 heteroatoms. The van der Waals surface area contributed by atoms with Gasteiger partial charge in [0.15, 0.2) is 0 Å². The topological polar surface area (TPSA) is 29.5 Å². The van der Waals surface area contributed by atoms with Gasteiger partial charge in [-0.25, -0.2) is 0 Å². The highest BCUT2D eigenvalue weighted by atomic mass is 16.5.